The molecule has 24 heavy (non-hydrogen) atoms. The second kappa shape index (κ2) is 8.44. The van der Waals surface area contributed by atoms with E-state index in [2.05, 4.69) is 10.6 Å². The first-order valence-electron chi connectivity index (χ1n) is 8.16. The van der Waals surface area contributed by atoms with E-state index in [0.29, 0.717) is 35.1 Å². The van der Waals surface area contributed by atoms with E-state index in [4.69, 9.17) is 21.1 Å². The monoisotopic (exact) mass is 356 g/mol. The molecule has 0 heterocycles. The SMILES string of the molecule is COc1cc(OC)c(NC(=O)NCC2(O)CCCCCC2)cc1Cl. The van der Waals surface area contributed by atoms with Crippen molar-refractivity contribution in [3.8, 4) is 11.5 Å². The van der Waals surface area contributed by atoms with Crippen LogP contribution in [0.2, 0.25) is 5.02 Å². The van der Waals surface area contributed by atoms with Crippen LogP contribution in [0, 0.1) is 0 Å². The summed E-state index contributed by atoms with van der Waals surface area (Å²) < 4.78 is 10.4. The van der Waals surface area contributed by atoms with Crippen LogP contribution in [0.25, 0.3) is 0 Å². The molecular weight excluding hydrogens is 332 g/mol. The third-order valence-corrected chi connectivity index (χ3v) is 4.63. The lowest BCUT2D eigenvalue weighted by atomic mass is 9.95. The van der Waals surface area contributed by atoms with Crippen LogP contribution in [-0.2, 0) is 0 Å². The topological polar surface area (TPSA) is 79.8 Å². The van der Waals surface area contributed by atoms with Crippen molar-refractivity contribution in [1.29, 1.82) is 0 Å². The van der Waals surface area contributed by atoms with Gasteiger partial charge >= 0.3 is 6.03 Å². The van der Waals surface area contributed by atoms with Crippen molar-refractivity contribution in [3.63, 3.8) is 0 Å². The first-order chi connectivity index (χ1) is 11.5. The lowest BCUT2D eigenvalue weighted by Crippen LogP contribution is -2.44. The predicted octanol–water partition coefficient (Wildman–Crippen LogP) is 3.56. The van der Waals surface area contributed by atoms with Crippen LogP contribution in [0.3, 0.4) is 0 Å². The van der Waals surface area contributed by atoms with E-state index in [1.165, 1.54) is 14.2 Å². The summed E-state index contributed by atoms with van der Waals surface area (Å²) in [6.45, 7) is 0.227. The van der Waals surface area contributed by atoms with Gasteiger partial charge in [-0.25, -0.2) is 4.79 Å². The fourth-order valence-corrected chi connectivity index (χ4v) is 3.17. The van der Waals surface area contributed by atoms with Gasteiger partial charge in [0, 0.05) is 12.6 Å². The number of ether oxygens (including phenoxy) is 2. The predicted molar refractivity (Wildman–Crippen MR) is 94.2 cm³/mol. The van der Waals surface area contributed by atoms with Gasteiger partial charge in [0.05, 0.1) is 30.5 Å². The van der Waals surface area contributed by atoms with Gasteiger partial charge in [-0.15, -0.1) is 0 Å². The van der Waals surface area contributed by atoms with Gasteiger partial charge in [-0.05, 0) is 18.9 Å². The van der Waals surface area contributed by atoms with Crippen LogP contribution in [0.15, 0.2) is 12.1 Å². The number of nitrogens with one attached hydrogen (secondary N) is 2. The van der Waals surface area contributed by atoms with Crippen molar-refractivity contribution in [2.45, 2.75) is 44.1 Å². The molecule has 0 aliphatic heterocycles. The normalized spacial score (nSPS) is 16.8. The van der Waals surface area contributed by atoms with Crippen molar-refractivity contribution in [2.75, 3.05) is 26.1 Å². The smallest absolute Gasteiger partial charge is 0.319 e. The molecule has 1 aromatic carbocycles. The van der Waals surface area contributed by atoms with Crippen LogP contribution in [0.4, 0.5) is 10.5 Å². The van der Waals surface area contributed by atoms with Crippen molar-refractivity contribution in [3.05, 3.63) is 17.2 Å². The van der Waals surface area contributed by atoms with E-state index in [1.807, 2.05) is 0 Å². The van der Waals surface area contributed by atoms with Crippen LogP contribution in [0.1, 0.15) is 38.5 Å². The number of amides is 2. The van der Waals surface area contributed by atoms with Crippen LogP contribution in [0.5, 0.6) is 11.5 Å². The highest BCUT2D eigenvalue weighted by molar-refractivity contribution is 6.32. The number of aliphatic hydroxyl groups is 1. The van der Waals surface area contributed by atoms with Crippen LogP contribution >= 0.6 is 11.6 Å². The number of halogens is 1. The Kier molecular flexibility index (Phi) is 6.57. The Hall–Kier alpha value is -1.66. The van der Waals surface area contributed by atoms with Crippen molar-refractivity contribution < 1.29 is 19.4 Å². The van der Waals surface area contributed by atoms with Gasteiger partial charge in [0.15, 0.2) is 0 Å². The maximum absolute atomic E-state index is 12.2. The van der Waals surface area contributed by atoms with E-state index < -0.39 is 11.6 Å². The highest BCUT2D eigenvalue weighted by atomic mass is 35.5. The number of benzene rings is 1. The molecule has 0 atom stereocenters. The molecule has 6 nitrogen and oxygen atoms in total. The lowest BCUT2D eigenvalue weighted by Gasteiger charge is -2.26. The number of hydrogen-bond acceptors (Lipinski definition) is 4. The minimum atomic E-state index is -0.824. The van der Waals surface area contributed by atoms with E-state index in [9.17, 15) is 9.90 Å². The van der Waals surface area contributed by atoms with Gasteiger partial charge in [0.25, 0.3) is 0 Å². The minimum Gasteiger partial charge on any atom is -0.495 e. The number of methoxy groups -OCH3 is 2. The molecule has 0 bridgehead atoms. The summed E-state index contributed by atoms with van der Waals surface area (Å²) in [5, 5.41) is 16.4. The lowest BCUT2D eigenvalue weighted by molar-refractivity contribution is 0.0281. The van der Waals surface area contributed by atoms with E-state index in [-0.39, 0.29) is 6.54 Å². The molecule has 0 aromatic heterocycles. The molecule has 0 radical (unpaired) electrons. The molecule has 7 heteroatoms. The average molecular weight is 357 g/mol. The number of carbonyl (C=O) groups is 1. The Labute approximate surface area is 147 Å². The first kappa shape index (κ1) is 18.7. The van der Waals surface area contributed by atoms with E-state index in [0.717, 1.165) is 25.7 Å². The average Bonchev–Trinajstić information content (AvgIpc) is 2.78. The number of rotatable bonds is 5. The van der Waals surface area contributed by atoms with Crippen LogP contribution in [-0.4, -0.2) is 37.5 Å². The second-order valence-electron chi connectivity index (χ2n) is 6.13. The van der Waals surface area contributed by atoms with Gasteiger partial charge in [-0.1, -0.05) is 37.3 Å². The highest BCUT2D eigenvalue weighted by Gasteiger charge is 2.28. The molecule has 134 valence electrons. The molecule has 2 amide bonds. The maximum atomic E-state index is 12.2. The summed E-state index contributed by atoms with van der Waals surface area (Å²) in [5.41, 5.74) is -0.385. The molecule has 0 unspecified atom stereocenters. The van der Waals surface area contributed by atoms with E-state index in [1.54, 1.807) is 12.1 Å². The van der Waals surface area contributed by atoms with Gasteiger partial charge in [-0.3, -0.25) is 0 Å². The fourth-order valence-electron chi connectivity index (χ4n) is 2.93. The maximum Gasteiger partial charge on any atom is 0.319 e. The molecular formula is C17H25ClN2O4. The minimum absolute atomic E-state index is 0.227. The highest BCUT2D eigenvalue weighted by Crippen LogP contribution is 2.35. The van der Waals surface area contributed by atoms with Gasteiger partial charge in [0.2, 0.25) is 0 Å². The summed E-state index contributed by atoms with van der Waals surface area (Å²) in [7, 11) is 3.01. The molecule has 2 rings (SSSR count). The Morgan fingerprint density at radius 3 is 2.38 bits per heavy atom. The third kappa shape index (κ3) is 4.92. The Bertz CT molecular complexity index is 572. The zero-order chi connectivity index (χ0) is 17.6. The standard InChI is InChI=1S/C17H25ClN2O4/c1-23-14-10-15(24-2)13(9-12(14)18)20-16(21)19-11-17(22)7-5-3-4-6-8-17/h9-10,22H,3-8,11H2,1-2H3,(H2,19,20,21). The Morgan fingerprint density at radius 1 is 1.17 bits per heavy atom. The molecule has 1 fully saturated rings. The summed E-state index contributed by atoms with van der Waals surface area (Å²) in [4.78, 5) is 12.2. The molecule has 1 saturated carbocycles. The number of hydrogen-bond donors (Lipinski definition) is 3. The molecule has 1 aliphatic rings. The van der Waals surface area contributed by atoms with Gasteiger partial charge in [-0.2, -0.15) is 0 Å². The molecule has 1 aliphatic carbocycles. The molecule has 0 saturated heterocycles. The zero-order valence-corrected chi connectivity index (χ0v) is 14.9. The number of anilines is 1. The Morgan fingerprint density at radius 2 is 1.79 bits per heavy atom. The third-order valence-electron chi connectivity index (χ3n) is 4.33. The van der Waals surface area contributed by atoms with Crippen molar-refractivity contribution >= 4 is 23.3 Å². The largest absolute Gasteiger partial charge is 0.495 e. The summed E-state index contributed by atoms with van der Waals surface area (Å²) >= 11 is 6.09. The molecule has 3 N–H and O–H groups in total. The zero-order valence-electron chi connectivity index (χ0n) is 14.2. The second-order valence-corrected chi connectivity index (χ2v) is 6.54. The first-order valence-corrected chi connectivity index (χ1v) is 8.54. The number of carbonyl (C=O) groups excluding carboxylic acids is 1. The van der Waals surface area contributed by atoms with Gasteiger partial charge < -0.3 is 25.2 Å². The number of urea groups is 1. The molecule has 0 spiro atoms. The van der Waals surface area contributed by atoms with Crippen molar-refractivity contribution in [2.24, 2.45) is 0 Å². The Balaban J connectivity index is 1.98. The van der Waals surface area contributed by atoms with E-state index >= 15 is 0 Å². The summed E-state index contributed by atoms with van der Waals surface area (Å²) in [6, 6.07) is 2.77. The quantitative estimate of drug-likeness (QED) is 0.705. The van der Waals surface area contributed by atoms with Crippen LogP contribution < -0.4 is 20.1 Å². The fraction of sp³-hybridized carbons (Fsp3) is 0.588. The summed E-state index contributed by atoms with van der Waals surface area (Å²) in [5.74, 6) is 0.909. The van der Waals surface area contributed by atoms with Gasteiger partial charge in [0.1, 0.15) is 11.5 Å². The summed E-state index contributed by atoms with van der Waals surface area (Å²) in [6.07, 6.45) is 5.67. The molecule has 1 aromatic rings. The van der Waals surface area contributed by atoms with Crippen molar-refractivity contribution in [1.82, 2.24) is 5.32 Å².